The molecule has 80 heavy (non-hydrogen) atoms. The Balaban J connectivity index is 0.000000160. The van der Waals surface area contributed by atoms with Gasteiger partial charge in [0.1, 0.15) is 0 Å². The van der Waals surface area contributed by atoms with Crippen molar-refractivity contribution in [3.05, 3.63) is 229 Å². The fourth-order valence-corrected chi connectivity index (χ4v) is 15.2. The van der Waals surface area contributed by atoms with Gasteiger partial charge in [-0.3, -0.25) is 0 Å². The van der Waals surface area contributed by atoms with Gasteiger partial charge < -0.3 is 19.9 Å². The normalized spacial score (nSPS) is 11.3. The van der Waals surface area contributed by atoms with Crippen molar-refractivity contribution in [2.45, 2.75) is 92.7 Å². The third-order valence-electron chi connectivity index (χ3n) is 13.7. The van der Waals surface area contributed by atoms with Crippen LogP contribution in [-0.4, -0.2) is 36.1 Å². The van der Waals surface area contributed by atoms with Gasteiger partial charge in [-0.1, -0.05) is 161 Å². The summed E-state index contributed by atoms with van der Waals surface area (Å²) in [5.41, 5.74) is 13.4. The number of aryl methyl sites for hydroxylation is 2. The van der Waals surface area contributed by atoms with Gasteiger partial charge in [0, 0.05) is 82.5 Å². The fourth-order valence-electron chi connectivity index (χ4n) is 9.40. The molecule has 0 aliphatic heterocycles. The number of thiophene rings is 2. The summed E-state index contributed by atoms with van der Waals surface area (Å²) in [6.45, 7) is 27.5. The molecule has 0 saturated carbocycles. The molecular weight excluding hydrogens is 1400 g/mol. The third-order valence-corrected chi connectivity index (χ3v) is 20.2. The SMILES string of the molecule is CC(C)c1ccnc(-c2[c-]cc([Si](C)(C)C)c3c2sc2ccccc23)c1.CC(C)c1ccnc(-c2[c-]ccc3c2sc2cccc([Si](C)(C)C)c23)c1.Cc1ccc(-c2[c-]cccc2)nc1.Cc1ccc(-c2[c-]cccc2)nc1.[Ir].[Ir]. The molecule has 6 aromatic carbocycles. The van der Waals surface area contributed by atoms with Gasteiger partial charge in [0.05, 0.1) is 8.07 Å². The van der Waals surface area contributed by atoms with E-state index in [0.29, 0.717) is 11.8 Å². The molecule has 0 amide bonds. The molecule has 6 heterocycles. The molecule has 4 nitrogen and oxygen atoms in total. The molecule has 0 fully saturated rings. The fraction of sp³-hybridized carbons (Fsp3) is 0.200. The van der Waals surface area contributed by atoms with E-state index in [1.807, 2.05) is 122 Å². The first-order valence-corrected chi connectivity index (χ1v) is 35.5. The summed E-state index contributed by atoms with van der Waals surface area (Å²) in [7, 11) is -2.89. The van der Waals surface area contributed by atoms with Gasteiger partial charge in [0.15, 0.2) is 0 Å². The zero-order valence-electron chi connectivity index (χ0n) is 47.7. The zero-order valence-corrected chi connectivity index (χ0v) is 56.2. The number of aromatic nitrogens is 4. The maximum absolute atomic E-state index is 4.69. The number of nitrogens with zero attached hydrogens (tertiary/aromatic N) is 4. The number of hydrogen-bond donors (Lipinski definition) is 0. The second kappa shape index (κ2) is 27.2. The number of fused-ring (bicyclic) bond motifs is 6. The summed E-state index contributed by atoms with van der Waals surface area (Å²) in [5, 5.41) is 8.64. The molecule has 0 atom stereocenters. The van der Waals surface area contributed by atoms with Gasteiger partial charge in [-0.05, 0) is 104 Å². The Morgan fingerprint density at radius 1 is 0.425 bits per heavy atom. The van der Waals surface area contributed by atoms with Crippen molar-refractivity contribution in [2.75, 3.05) is 0 Å². The largest absolute Gasteiger partial charge is 0.305 e. The predicted octanol–water partition coefficient (Wildman–Crippen LogP) is 18.9. The number of benzene rings is 6. The molecule has 0 unspecified atom stereocenters. The van der Waals surface area contributed by atoms with Crippen LogP contribution in [0.3, 0.4) is 0 Å². The van der Waals surface area contributed by atoms with Crippen LogP contribution in [0.4, 0.5) is 0 Å². The maximum Gasteiger partial charge on any atom is 0.0783 e. The molecule has 10 heteroatoms. The van der Waals surface area contributed by atoms with E-state index in [4.69, 9.17) is 4.98 Å². The molecule has 0 aliphatic carbocycles. The smallest absolute Gasteiger partial charge is 0.0783 e. The molecule has 12 rings (SSSR count). The Labute approximate surface area is 512 Å². The Kier molecular flexibility index (Phi) is 21.0. The van der Waals surface area contributed by atoms with Crippen molar-refractivity contribution in [1.82, 2.24) is 19.9 Å². The van der Waals surface area contributed by atoms with Crippen LogP contribution in [-0.2, 0) is 40.2 Å². The first-order valence-electron chi connectivity index (χ1n) is 26.9. The molecule has 12 aromatic rings. The van der Waals surface area contributed by atoms with Gasteiger partial charge in [0.2, 0.25) is 0 Å². The zero-order chi connectivity index (χ0) is 55.1. The van der Waals surface area contributed by atoms with E-state index in [-0.39, 0.29) is 40.2 Å². The molecule has 0 bridgehead atoms. The third kappa shape index (κ3) is 14.6. The summed E-state index contributed by atoms with van der Waals surface area (Å²) < 4.78 is 5.37. The van der Waals surface area contributed by atoms with Crippen LogP contribution >= 0.6 is 22.7 Å². The van der Waals surface area contributed by atoms with Crippen LogP contribution in [0.2, 0.25) is 39.3 Å². The quantitative estimate of drug-likeness (QED) is 0.112. The van der Waals surface area contributed by atoms with Gasteiger partial charge in [-0.25, -0.2) is 0 Å². The summed E-state index contributed by atoms with van der Waals surface area (Å²) in [5.74, 6) is 0.993. The monoisotopic (exact) mass is 1470 g/mol. The average Bonchev–Trinajstić information content (AvgIpc) is 4.10. The van der Waals surface area contributed by atoms with E-state index in [0.717, 1.165) is 45.0 Å². The van der Waals surface area contributed by atoms with E-state index in [9.17, 15) is 0 Å². The minimum Gasteiger partial charge on any atom is -0.305 e. The first kappa shape index (κ1) is 61.7. The van der Waals surface area contributed by atoms with Crippen LogP contribution in [0.1, 0.15) is 61.8 Å². The van der Waals surface area contributed by atoms with Crippen LogP contribution in [0.15, 0.2) is 183 Å². The van der Waals surface area contributed by atoms with Crippen molar-refractivity contribution in [3.8, 4) is 45.0 Å². The van der Waals surface area contributed by atoms with E-state index in [1.54, 1.807) is 5.19 Å². The molecule has 2 radical (unpaired) electrons. The van der Waals surface area contributed by atoms with E-state index >= 15 is 0 Å². The molecule has 410 valence electrons. The van der Waals surface area contributed by atoms with Gasteiger partial charge >= 0.3 is 0 Å². The average molecular weight is 1470 g/mol. The number of pyridine rings is 4. The Bertz CT molecular complexity index is 3880. The summed E-state index contributed by atoms with van der Waals surface area (Å²) >= 11 is 3.76. The Hall–Kier alpha value is -5.91. The summed E-state index contributed by atoms with van der Waals surface area (Å²) in [6, 6.07) is 68.0. The number of hydrogen-bond acceptors (Lipinski definition) is 6. The molecule has 0 aliphatic rings. The molecular formula is C70H68Ir2N4S2Si2-4. The minimum absolute atomic E-state index is 0. The van der Waals surface area contributed by atoms with Gasteiger partial charge in [-0.2, -0.15) is 22.7 Å². The van der Waals surface area contributed by atoms with Crippen LogP contribution < -0.4 is 10.4 Å². The first-order chi connectivity index (χ1) is 37.4. The standard InChI is InChI=1S/2C23H24NSSi.2C12H10N.2Ir/c1-15(2)16-12-13-24-19(14-16)17-8-6-9-18-22-20(25-23(17)18)10-7-11-21(22)26(3,4)5;1-15(2)16-12-13-24-19(14-16)17-10-11-21(26(3,4)5)22-18-8-6-7-9-20(18)25-23(17)22;2*1-10-7-8-12(13-9-10)11-5-3-2-4-6-11;;/h6-7,9-15H,1-5H3;6-9,11-15H,1-5H3;2*2-5,7-9H,1H3;;/q4*-1;;. The van der Waals surface area contributed by atoms with Crippen molar-refractivity contribution < 1.29 is 40.2 Å². The van der Waals surface area contributed by atoms with Crippen LogP contribution in [0, 0.1) is 38.1 Å². The van der Waals surface area contributed by atoms with E-state index < -0.39 is 16.1 Å². The second-order valence-corrected chi connectivity index (χ2v) is 34.7. The minimum atomic E-state index is -1.48. The molecule has 0 N–H and O–H groups in total. The topological polar surface area (TPSA) is 51.6 Å². The second-order valence-electron chi connectivity index (χ2n) is 22.5. The predicted molar refractivity (Wildman–Crippen MR) is 343 cm³/mol. The summed E-state index contributed by atoms with van der Waals surface area (Å²) in [6.07, 6.45) is 7.61. The van der Waals surface area contributed by atoms with Crippen molar-refractivity contribution >= 4 is 89.5 Å². The van der Waals surface area contributed by atoms with Gasteiger partial charge in [-0.15, -0.1) is 118 Å². The van der Waals surface area contributed by atoms with Crippen molar-refractivity contribution in [2.24, 2.45) is 0 Å². The van der Waals surface area contributed by atoms with Crippen molar-refractivity contribution in [1.29, 1.82) is 0 Å². The van der Waals surface area contributed by atoms with E-state index in [2.05, 4.69) is 203 Å². The van der Waals surface area contributed by atoms with Gasteiger partial charge in [0.25, 0.3) is 0 Å². The van der Waals surface area contributed by atoms with Crippen molar-refractivity contribution in [3.63, 3.8) is 0 Å². The van der Waals surface area contributed by atoms with Crippen LogP contribution in [0.5, 0.6) is 0 Å². The Morgan fingerprint density at radius 2 is 0.938 bits per heavy atom. The number of rotatable bonds is 8. The molecule has 0 saturated heterocycles. The van der Waals surface area contributed by atoms with Crippen LogP contribution in [0.25, 0.3) is 85.4 Å². The molecule has 0 spiro atoms. The van der Waals surface area contributed by atoms with E-state index in [1.165, 1.54) is 67.8 Å². The summed E-state index contributed by atoms with van der Waals surface area (Å²) in [4.78, 5) is 18.0. The molecule has 6 aromatic heterocycles. The maximum atomic E-state index is 4.69. The Morgan fingerprint density at radius 3 is 1.44 bits per heavy atom.